The van der Waals surface area contributed by atoms with Gasteiger partial charge in [0.15, 0.2) is 0 Å². The second-order valence-electron chi connectivity index (χ2n) is 3.46. The molecule has 0 bridgehead atoms. The average Bonchev–Trinajstić information content (AvgIpc) is 2.19. The van der Waals surface area contributed by atoms with Crippen LogP contribution in [0.2, 0.25) is 0 Å². The minimum atomic E-state index is 0.551. The normalized spacial score (nSPS) is 11.8. The first-order chi connectivity index (χ1) is 6.76. The molecule has 0 radical (unpaired) electrons. The lowest BCUT2D eigenvalue weighted by Crippen LogP contribution is -2.03. The summed E-state index contributed by atoms with van der Waals surface area (Å²) in [7, 11) is 0. The van der Waals surface area contributed by atoms with Crippen LogP contribution in [-0.4, -0.2) is 6.54 Å². The number of halogens is 1. The number of hydrogen-bond donors (Lipinski definition) is 1. The Kier molecular flexibility index (Phi) is 4.71. The lowest BCUT2D eigenvalue weighted by atomic mass is 10.0. The molecular weight excluding hydrogens is 194 g/mol. The van der Waals surface area contributed by atoms with Crippen molar-refractivity contribution in [3.8, 4) is 0 Å². The lowest BCUT2D eigenvalue weighted by Gasteiger charge is -2.04. The molecule has 2 heteroatoms. The molecule has 1 aromatic rings. The Hall–Kier alpha value is -0.790. The summed E-state index contributed by atoms with van der Waals surface area (Å²) in [4.78, 5) is 0. The fourth-order valence-electron chi connectivity index (χ4n) is 1.37. The van der Waals surface area contributed by atoms with Gasteiger partial charge in [-0.05, 0) is 30.9 Å². The molecule has 0 spiro atoms. The lowest BCUT2D eigenvalue weighted by molar-refractivity contribution is 0.905. The Morgan fingerprint density at radius 1 is 1.50 bits per heavy atom. The molecule has 0 unspecified atom stereocenters. The van der Waals surface area contributed by atoms with E-state index in [1.165, 1.54) is 11.1 Å². The van der Waals surface area contributed by atoms with Crippen LogP contribution in [0.3, 0.4) is 0 Å². The molecule has 14 heavy (non-hydrogen) atoms. The van der Waals surface area contributed by atoms with E-state index in [0.717, 1.165) is 18.4 Å². The van der Waals surface area contributed by atoms with Crippen molar-refractivity contribution in [1.29, 1.82) is 0 Å². The Morgan fingerprint density at radius 3 is 2.86 bits per heavy atom. The van der Waals surface area contributed by atoms with E-state index in [-0.39, 0.29) is 0 Å². The second kappa shape index (κ2) is 5.84. The monoisotopic (exact) mass is 209 g/mol. The highest BCUT2D eigenvalue weighted by Gasteiger charge is 1.97. The smallest absolute Gasteiger partial charge is 0.0148 e. The van der Waals surface area contributed by atoms with Crippen molar-refractivity contribution in [2.75, 3.05) is 6.54 Å². The summed E-state index contributed by atoms with van der Waals surface area (Å²) in [6.45, 7) is 2.65. The van der Waals surface area contributed by atoms with Gasteiger partial charge in [0.2, 0.25) is 0 Å². The number of nitrogens with two attached hydrogens (primary N) is 1. The molecule has 0 aliphatic carbocycles. The van der Waals surface area contributed by atoms with Gasteiger partial charge in [-0.25, -0.2) is 0 Å². The molecule has 0 aliphatic heterocycles. The van der Waals surface area contributed by atoms with Crippen molar-refractivity contribution in [3.63, 3.8) is 0 Å². The van der Waals surface area contributed by atoms with Crippen molar-refractivity contribution in [2.24, 2.45) is 5.73 Å². The zero-order valence-electron chi connectivity index (χ0n) is 8.46. The number of aryl methyl sites for hydroxylation is 2. The summed E-state index contributed by atoms with van der Waals surface area (Å²) in [6.07, 6.45) is 1.96. The molecule has 1 aromatic carbocycles. The van der Waals surface area contributed by atoms with Gasteiger partial charge < -0.3 is 5.73 Å². The molecule has 2 N–H and O–H groups in total. The van der Waals surface area contributed by atoms with E-state index in [0.29, 0.717) is 6.54 Å². The minimum Gasteiger partial charge on any atom is -0.327 e. The largest absolute Gasteiger partial charge is 0.327 e. The van der Waals surface area contributed by atoms with Crippen LogP contribution in [0.5, 0.6) is 0 Å². The van der Waals surface area contributed by atoms with E-state index >= 15 is 0 Å². The molecule has 1 rings (SSSR count). The molecule has 1 nitrogen and oxygen atoms in total. The summed E-state index contributed by atoms with van der Waals surface area (Å²) >= 11 is 5.62. The molecule has 0 aliphatic rings. The van der Waals surface area contributed by atoms with E-state index in [2.05, 4.69) is 31.2 Å². The maximum atomic E-state index is 5.62. The van der Waals surface area contributed by atoms with Crippen molar-refractivity contribution >= 4 is 11.6 Å². The third kappa shape index (κ3) is 3.52. The molecule has 0 atom stereocenters. The van der Waals surface area contributed by atoms with E-state index < -0.39 is 0 Å². The van der Waals surface area contributed by atoms with Gasteiger partial charge in [0, 0.05) is 12.1 Å². The molecule has 0 saturated carbocycles. The van der Waals surface area contributed by atoms with Gasteiger partial charge in [0.1, 0.15) is 0 Å². The summed E-state index contributed by atoms with van der Waals surface area (Å²) < 4.78 is 0. The predicted molar refractivity (Wildman–Crippen MR) is 62.5 cm³/mol. The van der Waals surface area contributed by atoms with Gasteiger partial charge in [0.25, 0.3) is 0 Å². The Morgan fingerprint density at radius 2 is 2.29 bits per heavy atom. The summed E-state index contributed by atoms with van der Waals surface area (Å²) in [5.74, 6) is 0. The zero-order chi connectivity index (χ0) is 10.4. The number of benzene rings is 1. The zero-order valence-corrected chi connectivity index (χ0v) is 9.22. The molecular formula is C12H16ClN. The van der Waals surface area contributed by atoms with Crippen LogP contribution in [0.1, 0.15) is 17.5 Å². The van der Waals surface area contributed by atoms with E-state index in [1.807, 2.05) is 0 Å². The second-order valence-corrected chi connectivity index (χ2v) is 3.68. The Balaban J connectivity index is 2.53. The quantitative estimate of drug-likeness (QED) is 0.811. The molecule has 0 aromatic heterocycles. The standard InChI is InChI=1S/C12H16ClN/c1-10-3-2-4-11(7-10)5-6-12(8-13)9-14/h2-4,7-8H,5-6,9,14H2,1H3/b12-8+. The van der Waals surface area contributed by atoms with Gasteiger partial charge in [0.05, 0.1) is 0 Å². The van der Waals surface area contributed by atoms with E-state index in [4.69, 9.17) is 17.3 Å². The fourth-order valence-corrected chi connectivity index (χ4v) is 1.57. The summed E-state index contributed by atoms with van der Waals surface area (Å²) in [6, 6.07) is 8.51. The van der Waals surface area contributed by atoms with Gasteiger partial charge >= 0.3 is 0 Å². The van der Waals surface area contributed by atoms with Gasteiger partial charge in [-0.1, -0.05) is 41.4 Å². The first-order valence-corrected chi connectivity index (χ1v) is 5.23. The van der Waals surface area contributed by atoms with Gasteiger partial charge in [-0.2, -0.15) is 0 Å². The SMILES string of the molecule is Cc1cccc(CC/C(=C\Cl)CN)c1. The predicted octanol–water partition coefficient (Wildman–Crippen LogP) is 3.01. The highest BCUT2D eigenvalue weighted by Crippen LogP contribution is 2.10. The third-order valence-corrected chi connectivity index (χ3v) is 2.54. The maximum absolute atomic E-state index is 5.62. The Labute approximate surface area is 90.6 Å². The van der Waals surface area contributed by atoms with Crippen LogP contribution in [0.15, 0.2) is 35.4 Å². The van der Waals surface area contributed by atoms with Crippen molar-refractivity contribution in [1.82, 2.24) is 0 Å². The molecule has 0 amide bonds. The first kappa shape index (κ1) is 11.3. The first-order valence-electron chi connectivity index (χ1n) is 4.80. The summed E-state index contributed by atoms with van der Waals surface area (Å²) in [5, 5.41) is 0. The Bertz CT molecular complexity index is 318. The average molecular weight is 210 g/mol. The minimum absolute atomic E-state index is 0.551. The molecule has 76 valence electrons. The third-order valence-electron chi connectivity index (χ3n) is 2.23. The molecule has 0 saturated heterocycles. The highest BCUT2D eigenvalue weighted by atomic mass is 35.5. The number of rotatable bonds is 4. The maximum Gasteiger partial charge on any atom is 0.0148 e. The highest BCUT2D eigenvalue weighted by molar-refractivity contribution is 6.25. The fraction of sp³-hybridized carbons (Fsp3) is 0.333. The van der Waals surface area contributed by atoms with Crippen LogP contribution in [0, 0.1) is 6.92 Å². The van der Waals surface area contributed by atoms with Crippen LogP contribution >= 0.6 is 11.6 Å². The van der Waals surface area contributed by atoms with Crippen LogP contribution in [-0.2, 0) is 6.42 Å². The summed E-state index contributed by atoms with van der Waals surface area (Å²) in [5.41, 5.74) is 10.9. The van der Waals surface area contributed by atoms with E-state index in [1.54, 1.807) is 5.54 Å². The molecule has 0 fully saturated rings. The topological polar surface area (TPSA) is 26.0 Å². The van der Waals surface area contributed by atoms with Crippen LogP contribution < -0.4 is 5.73 Å². The molecule has 0 heterocycles. The van der Waals surface area contributed by atoms with Crippen LogP contribution in [0.25, 0.3) is 0 Å². The van der Waals surface area contributed by atoms with E-state index in [9.17, 15) is 0 Å². The van der Waals surface area contributed by atoms with Crippen molar-refractivity contribution in [2.45, 2.75) is 19.8 Å². The van der Waals surface area contributed by atoms with Crippen molar-refractivity contribution in [3.05, 3.63) is 46.5 Å². The number of hydrogen-bond acceptors (Lipinski definition) is 1. The van der Waals surface area contributed by atoms with Crippen molar-refractivity contribution < 1.29 is 0 Å². The van der Waals surface area contributed by atoms with Gasteiger partial charge in [-0.15, -0.1) is 0 Å². The van der Waals surface area contributed by atoms with Gasteiger partial charge in [-0.3, -0.25) is 0 Å². The van der Waals surface area contributed by atoms with Crippen LogP contribution in [0.4, 0.5) is 0 Å².